The fraction of sp³-hybridized carbons (Fsp3) is 0.200. The normalized spacial score (nSPS) is 9.95. The molecule has 0 aliphatic heterocycles. The quantitative estimate of drug-likeness (QED) is 0.846. The smallest absolute Gasteiger partial charge is 0.289 e. The van der Waals surface area contributed by atoms with Crippen LogP contribution in [0.3, 0.4) is 0 Å². The maximum absolute atomic E-state index is 12.1. The van der Waals surface area contributed by atoms with Crippen LogP contribution >= 0.6 is 0 Å². The van der Waals surface area contributed by atoms with Crippen LogP contribution in [0, 0.1) is 18.3 Å². The fourth-order valence-electron chi connectivity index (χ4n) is 1.82. The minimum Gasteiger partial charge on any atom is -0.456 e. The van der Waals surface area contributed by atoms with Gasteiger partial charge in [0.25, 0.3) is 5.91 Å². The first kappa shape index (κ1) is 12.9. The number of rotatable bonds is 3. The zero-order valence-electron chi connectivity index (χ0n) is 10.9. The van der Waals surface area contributed by atoms with Crippen molar-refractivity contribution in [2.24, 2.45) is 0 Å². The molecule has 0 saturated carbocycles. The number of benzene rings is 1. The Kier molecular flexibility index (Phi) is 3.67. The molecule has 96 valence electrons. The Morgan fingerprint density at radius 1 is 1.37 bits per heavy atom. The van der Waals surface area contributed by atoms with Crippen LogP contribution in [-0.4, -0.2) is 17.9 Å². The Hall–Kier alpha value is -2.54. The second kappa shape index (κ2) is 5.40. The van der Waals surface area contributed by atoms with E-state index in [1.54, 1.807) is 43.1 Å². The standard InChI is InChI=1S/C15H14N2O2/c1-11-6-7-14(19-11)15(18)17(2)10-13-5-3-4-12(8-13)9-16/h3-8H,10H2,1-2H3. The van der Waals surface area contributed by atoms with E-state index in [0.29, 0.717) is 23.6 Å². The molecule has 1 aromatic heterocycles. The second-order valence-corrected chi connectivity index (χ2v) is 4.38. The summed E-state index contributed by atoms with van der Waals surface area (Å²) in [4.78, 5) is 13.6. The number of amides is 1. The molecule has 1 aromatic carbocycles. The highest BCUT2D eigenvalue weighted by atomic mass is 16.3. The lowest BCUT2D eigenvalue weighted by Crippen LogP contribution is -2.25. The summed E-state index contributed by atoms with van der Waals surface area (Å²) in [6.07, 6.45) is 0. The molecule has 2 aromatic rings. The van der Waals surface area contributed by atoms with Gasteiger partial charge in [-0.1, -0.05) is 12.1 Å². The molecular formula is C15H14N2O2. The minimum atomic E-state index is -0.171. The molecule has 0 unspecified atom stereocenters. The Labute approximate surface area is 111 Å². The molecule has 0 N–H and O–H groups in total. The lowest BCUT2D eigenvalue weighted by Gasteiger charge is -2.15. The first-order valence-electron chi connectivity index (χ1n) is 5.91. The molecule has 0 aliphatic carbocycles. The van der Waals surface area contributed by atoms with Crippen molar-refractivity contribution in [2.45, 2.75) is 13.5 Å². The van der Waals surface area contributed by atoms with E-state index in [1.165, 1.54) is 0 Å². The van der Waals surface area contributed by atoms with Gasteiger partial charge >= 0.3 is 0 Å². The second-order valence-electron chi connectivity index (χ2n) is 4.38. The van der Waals surface area contributed by atoms with Crippen LogP contribution in [0.5, 0.6) is 0 Å². The van der Waals surface area contributed by atoms with Gasteiger partial charge in [-0.05, 0) is 36.8 Å². The average molecular weight is 254 g/mol. The maximum Gasteiger partial charge on any atom is 0.289 e. The summed E-state index contributed by atoms with van der Waals surface area (Å²) in [5.74, 6) is 0.870. The highest BCUT2D eigenvalue weighted by Gasteiger charge is 2.15. The van der Waals surface area contributed by atoms with Gasteiger partial charge in [0.2, 0.25) is 0 Å². The van der Waals surface area contributed by atoms with Crippen molar-refractivity contribution in [3.05, 3.63) is 59.0 Å². The van der Waals surface area contributed by atoms with Gasteiger partial charge in [0, 0.05) is 13.6 Å². The van der Waals surface area contributed by atoms with E-state index in [1.807, 2.05) is 12.1 Å². The van der Waals surface area contributed by atoms with Crippen LogP contribution in [-0.2, 0) is 6.54 Å². The van der Waals surface area contributed by atoms with E-state index in [2.05, 4.69) is 6.07 Å². The van der Waals surface area contributed by atoms with Crippen molar-refractivity contribution in [3.8, 4) is 6.07 Å². The summed E-state index contributed by atoms with van der Waals surface area (Å²) < 4.78 is 5.31. The molecular weight excluding hydrogens is 240 g/mol. The fourth-order valence-corrected chi connectivity index (χ4v) is 1.82. The number of nitrogens with zero attached hydrogens (tertiary/aromatic N) is 2. The third-order valence-electron chi connectivity index (χ3n) is 2.77. The SMILES string of the molecule is Cc1ccc(C(=O)N(C)Cc2cccc(C#N)c2)o1. The number of nitriles is 1. The van der Waals surface area contributed by atoms with Crippen LogP contribution in [0.15, 0.2) is 40.8 Å². The van der Waals surface area contributed by atoms with Crippen molar-refractivity contribution in [3.63, 3.8) is 0 Å². The molecule has 0 saturated heterocycles. The highest BCUT2D eigenvalue weighted by molar-refractivity contribution is 5.91. The third-order valence-corrected chi connectivity index (χ3v) is 2.77. The molecule has 4 heteroatoms. The molecule has 0 bridgehead atoms. The molecule has 2 rings (SSSR count). The van der Waals surface area contributed by atoms with Crippen molar-refractivity contribution in [2.75, 3.05) is 7.05 Å². The summed E-state index contributed by atoms with van der Waals surface area (Å²) >= 11 is 0. The zero-order chi connectivity index (χ0) is 13.8. The lowest BCUT2D eigenvalue weighted by molar-refractivity contribution is 0.0752. The summed E-state index contributed by atoms with van der Waals surface area (Å²) in [5, 5.41) is 8.84. The van der Waals surface area contributed by atoms with E-state index >= 15 is 0 Å². The Morgan fingerprint density at radius 3 is 2.79 bits per heavy atom. The molecule has 0 radical (unpaired) electrons. The summed E-state index contributed by atoms with van der Waals surface area (Å²) in [5.41, 5.74) is 1.50. The van der Waals surface area contributed by atoms with Crippen molar-refractivity contribution in [1.82, 2.24) is 4.90 Å². The summed E-state index contributed by atoms with van der Waals surface area (Å²) in [7, 11) is 1.71. The summed E-state index contributed by atoms with van der Waals surface area (Å²) in [6, 6.07) is 12.7. The molecule has 4 nitrogen and oxygen atoms in total. The number of hydrogen-bond donors (Lipinski definition) is 0. The van der Waals surface area contributed by atoms with Gasteiger partial charge in [-0.3, -0.25) is 4.79 Å². The Bertz CT molecular complexity index is 638. The van der Waals surface area contributed by atoms with E-state index in [-0.39, 0.29) is 5.91 Å². The molecule has 0 spiro atoms. The molecule has 19 heavy (non-hydrogen) atoms. The topological polar surface area (TPSA) is 57.2 Å². The summed E-state index contributed by atoms with van der Waals surface area (Å²) in [6.45, 7) is 2.24. The predicted octanol–water partition coefficient (Wildman–Crippen LogP) is 2.73. The number of carbonyl (C=O) groups excluding carboxylic acids is 1. The van der Waals surface area contributed by atoms with Crippen LogP contribution < -0.4 is 0 Å². The monoisotopic (exact) mass is 254 g/mol. The van der Waals surface area contributed by atoms with Gasteiger partial charge in [-0.15, -0.1) is 0 Å². The third kappa shape index (κ3) is 3.02. The Morgan fingerprint density at radius 2 is 2.16 bits per heavy atom. The number of hydrogen-bond acceptors (Lipinski definition) is 3. The molecule has 0 aliphatic rings. The highest BCUT2D eigenvalue weighted by Crippen LogP contribution is 2.12. The lowest BCUT2D eigenvalue weighted by atomic mass is 10.1. The first-order valence-corrected chi connectivity index (χ1v) is 5.91. The first-order chi connectivity index (χ1) is 9.10. The van der Waals surface area contributed by atoms with Gasteiger partial charge in [0.05, 0.1) is 11.6 Å². The molecule has 0 fully saturated rings. The average Bonchev–Trinajstić information content (AvgIpc) is 2.84. The number of carbonyl (C=O) groups is 1. The molecule has 1 heterocycles. The zero-order valence-corrected chi connectivity index (χ0v) is 10.9. The van der Waals surface area contributed by atoms with Gasteiger partial charge in [-0.2, -0.15) is 5.26 Å². The van der Waals surface area contributed by atoms with E-state index in [4.69, 9.17) is 9.68 Å². The molecule has 0 atom stereocenters. The van der Waals surface area contributed by atoms with Crippen molar-refractivity contribution < 1.29 is 9.21 Å². The molecule has 1 amide bonds. The van der Waals surface area contributed by atoms with E-state index in [0.717, 1.165) is 5.56 Å². The van der Waals surface area contributed by atoms with Crippen molar-refractivity contribution in [1.29, 1.82) is 5.26 Å². The van der Waals surface area contributed by atoms with Gasteiger partial charge < -0.3 is 9.32 Å². The van der Waals surface area contributed by atoms with Gasteiger partial charge in [-0.25, -0.2) is 0 Å². The minimum absolute atomic E-state index is 0.171. The number of furan rings is 1. The van der Waals surface area contributed by atoms with Crippen LogP contribution in [0.4, 0.5) is 0 Å². The van der Waals surface area contributed by atoms with Crippen molar-refractivity contribution >= 4 is 5.91 Å². The van der Waals surface area contributed by atoms with Gasteiger partial charge in [0.1, 0.15) is 5.76 Å². The van der Waals surface area contributed by atoms with Crippen LogP contribution in [0.25, 0.3) is 0 Å². The Balaban J connectivity index is 2.10. The maximum atomic E-state index is 12.1. The largest absolute Gasteiger partial charge is 0.456 e. The van der Waals surface area contributed by atoms with Gasteiger partial charge in [0.15, 0.2) is 5.76 Å². The van der Waals surface area contributed by atoms with Crippen LogP contribution in [0.2, 0.25) is 0 Å². The van der Waals surface area contributed by atoms with E-state index in [9.17, 15) is 4.79 Å². The van der Waals surface area contributed by atoms with E-state index < -0.39 is 0 Å². The van der Waals surface area contributed by atoms with Crippen LogP contribution in [0.1, 0.15) is 27.4 Å². The predicted molar refractivity (Wildman–Crippen MR) is 70.4 cm³/mol. The number of aryl methyl sites for hydroxylation is 1.